The van der Waals surface area contributed by atoms with Gasteiger partial charge in [0.2, 0.25) is 0 Å². The van der Waals surface area contributed by atoms with Crippen molar-refractivity contribution in [1.29, 1.82) is 0 Å². The maximum Gasteiger partial charge on any atom is 0.0534 e. The largest absolute Gasteiger partial charge is 0.396 e. The molecule has 0 aromatic carbocycles. The molecule has 1 unspecified atom stereocenters. The van der Waals surface area contributed by atoms with Crippen LogP contribution >= 0.6 is 0 Å². The highest BCUT2D eigenvalue weighted by molar-refractivity contribution is 4.82. The Bertz CT molecular complexity index is 281. The lowest BCUT2D eigenvalue weighted by Gasteiger charge is -2.34. The molecular formula is C24H50O3. The van der Waals surface area contributed by atoms with Crippen molar-refractivity contribution in [3.63, 3.8) is 0 Å². The molecule has 0 aliphatic rings. The highest BCUT2D eigenvalue weighted by Crippen LogP contribution is 2.30. The number of hydrogen-bond acceptors (Lipinski definition) is 3. The van der Waals surface area contributed by atoms with Crippen molar-refractivity contribution in [3.05, 3.63) is 0 Å². The van der Waals surface area contributed by atoms with Gasteiger partial charge in [-0.3, -0.25) is 0 Å². The molecule has 3 N–H and O–H groups in total. The second kappa shape index (κ2) is 19.2. The van der Waals surface area contributed by atoms with Crippen LogP contribution in [-0.2, 0) is 0 Å². The molecule has 0 bridgehead atoms. The molecular weight excluding hydrogens is 336 g/mol. The lowest BCUT2D eigenvalue weighted by Crippen LogP contribution is -2.40. The highest BCUT2D eigenvalue weighted by Gasteiger charge is 2.34. The van der Waals surface area contributed by atoms with E-state index in [4.69, 9.17) is 0 Å². The number of rotatable bonds is 21. The molecule has 0 fully saturated rings. The molecule has 0 saturated heterocycles. The third-order valence-corrected chi connectivity index (χ3v) is 6.48. The Balaban J connectivity index is 3.34. The minimum Gasteiger partial charge on any atom is -0.396 e. The summed E-state index contributed by atoms with van der Waals surface area (Å²) in [4.78, 5) is 0. The van der Waals surface area contributed by atoms with Crippen molar-refractivity contribution in [3.8, 4) is 0 Å². The molecule has 0 aliphatic heterocycles. The van der Waals surface area contributed by atoms with E-state index in [1.165, 1.54) is 96.3 Å². The normalized spacial score (nSPS) is 13.2. The Hall–Kier alpha value is -0.120. The standard InChI is InChI=1S/C24H50O3/c1-3-4-5-6-7-8-9-10-11-12-13-14-15-16-17-18-19-23(2)24(20-25,21-26)22-27/h23,25-27H,3-22H2,1-2H3. The first-order valence-electron chi connectivity index (χ1n) is 12.0. The Morgan fingerprint density at radius 2 is 0.815 bits per heavy atom. The fraction of sp³-hybridized carbons (Fsp3) is 1.00. The lowest BCUT2D eigenvalue weighted by molar-refractivity contribution is -0.0361. The molecule has 3 nitrogen and oxygen atoms in total. The molecule has 0 aromatic rings. The Labute approximate surface area is 170 Å². The van der Waals surface area contributed by atoms with E-state index in [1.807, 2.05) is 6.92 Å². The molecule has 0 rings (SSSR count). The van der Waals surface area contributed by atoms with Gasteiger partial charge in [0.05, 0.1) is 19.8 Å². The summed E-state index contributed by atoms with van der Waals surface area (Å²) in [5.41, 5.74) is -0.713. The van der Waals surface area contributed by atoms with Crippen LogP contribution in [0, 0.1) is 11.3 Å². The summed E-state index contributed by atoms with van der Waals surface area (Å²) < 4.78 is 0. The molecule has 0 heterocycles. The van der Waals surface area contributed by atoms with Gasteiger partial charge in [-0.15, -0.1) is 0 Å². The van der Waals surface area contributed by atoms with E-state index >= 15 is 0 Å². The molecule has 0 aliphatic carbocycles. The number of hydrogen-bond donors (Lipinski definition) is 3. The average Bonchev–Trinajstić information content (AvgIpc) is 2.69. The summed E-state index contributed by atoms with van der Waals surface area (Å²) in [7, 11) is 0. The molecule has 0 amide bonds. The second-order valence-electron chi connectivity index (χ2n) is 8.83. The van der Waals surface area contributed by atoms with Gasteiger partial charge in [0.25, 0.3) is 0 Å². The lowest BCUT2D eigenvalue weighted by atomic mass is 9.75. The summed E-state index contributed by atoms with van der Waals surface area (Å²) in [6.45, 7) is 3.90. The van der Waals surface area contributed by atoms with E-state index in [2.05, 4.69) is 6.92 Å². The fourth-order valence-corrected chi connectivity index (χ4v) is 3.92. The zero-order chi connectivity index (χ0) is 20.2. The number of aliphatic hydroxyl groups excluding tert-OH is 3. The predicted octanol–water partition coefficient (Wildman–Crippen LogP) is 6.24. The van der Waals surface area contributed by atoms with Crippen molar-refractivity contribution in [2.24, 2.45) is 11.3 Å². The SMILES string of the molecule is CCCCCCCCCCCCCCCCCCC(C)C(CO)(CO)CO. The van der Waals surface area contributed by atoms with Crippen molar-refractivity contribution >= 4 is 0 Å². The second-order valence-corrected chi connectivity index (χ2v) is 8.83. The monoisotopic (exact) mass is 386 g/mol. The fourth-order valence-electron chi connectivity index (χ4n) is 3.92. The first-order valence-corrected chi connectivity index (χ1v) is 12.0. The molecule has 0 radical (unpaired) electrons. The Morgan fingerprint density at radius 1 is 0.519 bits per heavy atom. The van der Waals surface area contributed by atoms with E-state index in [0.717, 1.165) is 12.8 Å². The van der Waals surface area contributed by atoms with Gasteiger partial charge in [-0.1, -0.05) is 117 Å². The molecule has 27 heavy (non-hydrogen) atoms. The minimum atomic E-state index is -0.713. The van der Waals surface area contributed by atoms with Gasteiger partial charge in [0, 0.05) is 5.41 Å². The van der Waals surface area contributed by atoms with Crippen LogP contribution in [-0.4, -0.2) is 35.1 Å². The van der Waals surface area contributed by atoms with E-state index in [0.29, 0.717) is 0 Å². The third-order valence-electron chi connectivity index (χ3n) is 6.48. The minimum absolute atomic E-state index is 0.139. The van der Waals surface area contributed by atoms with Crippen LogP contribution in [0.25, 0.3) is 0 Å². The van der Waals surface area contributed by atoms with Gasteiger partial charge in [-0.25, -0.2) is 0 Å². The average molecular weight is 387 g/mol. The number of unbranched alkanes of at least 4 members (excludes halogenated alkanes) is 15. The first kappa shape index (κ1) is 26.9. The van der Waals surface area contributed by atoms with Crippen molar-refractivity contribution < 1.29 is 15.3 Å². The van der Waals surface area contributed by atoms with Crippen LogP contribution in [0.15, 0.2) is 0 Å². The third kappa shape index (κ3) is 13.7. The van der Waals surface area contributed by atoms with Gasteiger partial charge < -0.3 is 15.3 Å². The maximum atomic E-state index is 9.46. The smallest absolute Gasteiger partial charge is 0.0534 e. The quantitative estimate of drug-likeness (QED) is 0.205. The van der Waals surface area contributed by atoms with Crippen LogP contribution in [0.1, 0.15) is 123 Å². The molecule has 164 valence electrons. The zero-order valence-corrected chi connectivity index (χ0v) is 18.6. The van der Waals surface area contributed by atoms with E-state index in [-0.39, 0.29) is 25.7 Å². The molecule has 1 atom stereocenters. The van der Waals surface area contributed by atoms with Crippen LogP contribution in [0.5, 0.6) is 0 Å². The summed E-state index contributed by atoms with van der Waals surface area (Å²) in [6, 6.07) is 0. The molecule has 0 aromatic heterocycles. The van der Waals surface area contributed by atoms with Crippen molar-refractivity contribution in [2.45, 2.75) is 123 Å². The summed E-state index contributed by atoms with van der Waals surface area (Å²) in [6.07, 6.45) is 22.9. The van der Waals surface area contributed by atoms with Gasteiger partial charge >= 0.3 is 0 Å². The van der Waals surface area contributed by atoms with E-state index in [9.17, 15) is 15.3 Å². The van der Waals surface area contributed by atoms with E-state index < -0.39 is 5.41 Å². The molecule has 0 spiro atoms. The van der Waals surface area contributed by atoms with E-state index in [1.54, 1.807) is 0 Å². The van der Waals surface area contributed by atoms with Crippen LogP contribution < -0.4 is 0 Å². The first-order chi connectivity index (χ1) is 13.2. The summed E-state index contributed by atoms with van der Waals surface area (Å²) in [5, 5.41) is 28.4. The number of aliphatic hydroxyl groups is 3. The van der Waals surface area contributed by atoms with Crippen molar-refractivity contribution in [2.75, 3.05) is 19.8 Å². The van der Waals surface area contributed by atoms with Crippen LogP contribution in [0.3, 0.4) is 0 Å². The van der Waals surface area contributed by atoms with Gasteiger partial charge in [0.1, 0.15) is 0 Å². The van der Waals surface area contributed by atoms with Crippen LogP contribution in [0.4, 0.5) is 0 Å². The van der Waals surface area contributed by atoms with Crippen LogP contribution in [0.2, 0.25) is 0 Å². The van der Waals surface area contributed by atoms with Gasteiger partial charge in [-0.2, -0.15) is 0 Å². The van der Waals surface area contributed by atoms with Gasteiger partial charge in [-0.05, 0) is 12.3 Å². The van der Waals surface area contributed by atoms with Gasteiger partial charge in [0.15, 0.2) is 0 Å². The summed E-state index contributed by atoms with van der Waals surface area (Å²) in [5.74, 6) is 0.157. The van der Waals surface area contributed by atoms with Crippen molar-refractivity contribution in [1.82, 2.24) is 0 Å². The highest BCUT2D eigenvalue weighted by atomic mass is 16.3. The molecule has 0 saturated carbocycles. The predicted molar refractivity (Wildman–Crippen MR) is 117 cm³/mol. The Kier molecular flexibility index (Phi) is 19.1. The zero-order valence-electron chi connectivity index (χ0n) is 18.6. The topological polar surface area (TPSA) is 60.7 Å². The summed E-state index contributed by atoms with van der Waals surface area (Å²) >= 11 is 0. The Morgan fingerprint density at radius 3 is 1.11 bits per heavy atom. The molecule has 3 heteroatoms. The maximum absolute atomic E-state index is 9.46.